The van der Waals surface area contributed by atoms with E-state index in [1.165, 1.54) is 32.3 Å². The normalized spacial score (nSPS) is 26.8. The van der Waals surface area contributed by atoms with Gasteiger partial charge in [0.05, 0.1) is 17.8 Å². The molecule has 1 aliphatic carbocycles. The maximum absolute atomic E-state index is 14.4. The number of hydrogen-bond donors (Lipinski definition) is 3. The highest BCUT2D eigenvalue weighted by Crippen LogP contribution is 2.45. The van der Waals surface area contributed by atoms with Gasteiger partial charge in [0.2, 0.25) is 11.8 Å². The van der Waals surface area contributed by atoms with E-state index in [0.717, 1.165) is 19.3 Å². The molecular weight excluding hydrogens is 671 g/mol. The average Bonchev–Trinajstić information content (AvgIpc) is 3.56. The number of rotatable bonds is 5. The van der Waals surface area contributed by atoms with Crippen LogP contribution in [0, 0.1) is 5.92 Å². The third-order valence-electron chi connectivity index (χ3n) is 8.99. The molecule has 3 aromatic heterocycles. The number of carboxylic acids is 1. The lowest BCUT2D eigenvalue weighted by atomic mass is 10.0. The molecule has 3 aromatic rings. The van der Waals surface area contributed by atoms with Crippen LogP contribution >= 0.6 is 22.7 Å². The molecule has 0 bridgehead atoms. The second kappa shape index (κ2) is 13.8. The van der Waals surface area contributed by atoms with Crippen molar-refractivity contribution < 1.29 is 29.0 Å². The van der Waals surface area contributed by atoms with Crippen LogP contribution < -0.4 is 16.2 Å². The lowest BCUT2D eigenvalue weighted by Crippen LogP contribution is -2.56. The van der Waals surface area contributed by atoms with Gasteiger partial charge in [0.25, 0.3) is 5.56 Å². The Balaban J connectivity index is 1.38. The number of allylic oxidation sites excluding steroid dienone is 1. The molecule has 5 heterocycles. The first kappa shape index (κ1) is 34.4. The Kier molecular flexibility index (Phi) is 9.71. The predicted molar refractivity (Wildman–Crippen MR) is 182 cm³/mol. The summed E-state index contributed by atoms with van der Waals surface area (Å²) in [5.74, 6) is -2.70. The van der Waals surface area contributed by atoms with Gasteiger partial charge in [0.1, 0.15) is 33.2 Å². The maximum Gasteiger partial charge on any atom is 0.408 e. The molecule has 49 heavy (non-hydrogen) atoms. The molecule has 3 amide bonds. The highest BCUT2D eigenvalue weighted by molar-refractivity contribution is 7.14. The van der Waals surface area contributed by atoms with Crippen molar-refractivity contribution in [3.05, 3.63) is 51.9 Å². The smallest absolute Gasteiger partial charge is 0.408 e. The van der Waals surface area contributed by atoms with E-state index in [-0.39, 0.29) is 25.3 Å². The molecule has 14 nitrogen and oxygen atoms in total. The largest absolute Gasteiger partial charge is 0.479 e. The van der Waals surface area contributed by atoms with E-state index < -0.39 is 58.7 Å². The summed E-state index contributed by atoms with van der Waals surface area (Å²) in [7, 11) is 0. The Morgan fingerprint density at radius 3 is 2.49 bits per heavy atom. The molecule has 1 saturated carbocycles. The Morgan fingerprint density at radius 1 is 1.08 bits per heavy atom. The number of amides is 3. The number of aliphatic carboxylic acids is 1. The predicted octanol–water partition coefficient (Wildman–Crippen LogP) is 4.01. The molecule has 1 saturated heterocycles. The number of carboxylic acid groups (broad SMARTS) is 1. The minimum Gasteiger partial charge on any atom is -0.479 e. The summed E-state index contributed by atoms with van der Waals surface area (Å²) in [6, 6.07) is -2.90. The standard InChI is InChI=1S/C33H39N7O7S2/c1-32(2,3)47-31(46)37-22-10-8-6-4-5-7-9-19-16-33(19,30(44)45)38-25(41)23-15-20(18-39(23)28(22)42)40-29(43)24(27-35-12-14-49-27)21(17-36-40)26-34-11-13-48-26/h7,9,11-14,17,19-20,22-23H,4-6,8,10,15-16,18H2,1-3H3,(H,37,46)(H,38,41)(H,44,45)/b9-7-/t19-,20-,22-,23-,33+/m0/s1. The second-order valence-corrected chi connectivity index (χ2v) is 15.4. The minimum atomic E-state index is -1.49. The number of thiazole rings is 2. The summed E-state index contributed by atoms with van der Waals surface area (Å²) in [6.07, 6.45) is 11.2. The SMILES string of the molecule is CC(C)(C)OC(=O)N[C@H]1CCCCC/C=C\[C@H]2C[C@@]2(C(=O)O)NC(=O)[C@@H]2C[C@H](n3ncc(-c4nccs4)c(-c4nccs4)c3=O)CN2C1=O. The van der Waals surface area contributed by atoms with Crippen molar-refractivity contribution in [2.45, 2.75) is 95.0 Å². The van der Waals surface area contributed by atoms with Gasteiger partial charge in [-0.2, -0.15) is 5.10 Å². The number of nitrogens with one attached hydrogen (secondary N) is 2. The lowest BCUT2D eigenvalue weighted by Gasteiger charge is -2.30. The summed E-state index contributed by atoms with van der Waals surface area (Å²) in [5.41, 5.74) is -1.93. The fraction of sp³-hybridized carbons (Fsp3) is 0.515. The first-order valence-corrected chi connectivity index (χ1v) is 18.1. The van der Waals surface area contributed by atoms with Crippen molar-refractivity contribution >= 4 is 46.6 Å². The van der Waals surface area contributed by atoms with Crippen LogP contribution in [0.5, 0.6) is 0 Å². The van der Waals surface area contributed by atoms with Crippen LogP contribution in [-0.2, 0) is 19.1 Å². The molecule has 2 aliphatic heterocycles. The quantitative estimate of drug-likeness (QED) is 0.327. The monoisotopic (exact) mass is 709 g/mol. The zero-order valence-electron chi connectivity index (χ0n) is 27.5. The maximum atomic E-state index is 14.4. The zero-order valence-corrected chi connectivity index (χ0v) is 29.1. The molecule has 2 fully saturated rings. The van der Waals surface area contributed by atoms with Crippen LogP contribution in [0.4, 0.5) is 4.79 Å². The molecule has 16 heteroatoms. The van der Waals surface area contributed by atoms with Crippen LogP contribution in [0.2, 0.25) is 0 Å². The fourth-order valence-electron chi connectivity index (χ4n) is 6.50. The van der Waals surface area contributed by atoms with Crippen LogP contribution in [0.1, 0.15) is 71.8 Å². The molecule has 6 rings (SSSR count). The fourth-order valence-corrected chi connectivity index (χ4v) is 7.85. The molecule has 5 atom stereocenters. The van der Waals surface area contributed by atoms with Crippen LogP contribution in [-0.4, -0.2) is 83.4 Å². The Labute approximate surface area is 290 Å². The third kappa shape index (κ3) is 7.29. The van der Waals surface area contributed by atoms with Crippen molar-refractivity contribution in [3.8, 4) is 21.1 Å². The van der Waals surface area contributed by atoms with E-state index in [1.54, 1.807) is 50.1 Å². The summed E-state index contributed by atoms with van der Waals surface area (Å²) in [6.45, 7) is 5.08. The van der Waals surface area contributed by atoms with Gasteiger partial charge in [0.15, 0.2) is 0 Å². The summed E-state index contributed by atoms with van der Waals surface area (Å²) in [4.78, 5) is 78.1. The van der Waals surface area contributed by atoms with Crippen molar-refractivity contribution in [1.82, 2.24) is 35.3 Å². The van der Waals surface area contributed by atoms with Gasteiger partial charge in [-0.05, 0) is 46.5 Å². The lowest BCUT2D eigenvalue weighted by molar-refractivity contribution is -0.145. The molecule has 0 aromatic carbocycles. The Hall–Kier alpha value is -4.44. The van der Waals surface area contributed by atoms with Crippen molar-refractivity contribution in [2.75, 3.05) is 6.54 Å². The number of fused-ring (bicyclic) bond motifs is 2. The van der Waals surface area contributed by atoms with E-state index in [0.29, 0.717) is 34.0 Å². The van der Waals surface area contributed by atoms with Crippen molar-refractivity contribution in [3.63, 3.8) is 0 Å². The molecule has 0 spiro atoms. The summed E-state index contributed by atoms with van der Waals surface area (Å²) < 4.78 is 6.73. The highest BCUT2D eigenvalue weighted by Gasteiger charge is 2.61. The molecule has 0 radical (unpaired) electrons. The van der Waals surface area contributed by atoms with Gasteiger partial charge in [-0.25, -0.2) is 24.2 Å². The number of hydrogen-bond acceptors (Lipinski definition) is 11. The number of alkyl carbamates (subject to hydrolysis) is 1. The van der Waals surface area contributed by atoms with E-state index >= 15 is 0 Å². The number of carbonyl (C=O) groups is 4. The molecule has 0 unspecified atom stereocenters. The van der Waals surface area contributed by atoms with Gasteiger partial charge in [0, 0.05) is 47.6 Å². The zero-order chi connectivity index (χ0) is 34.9. The van der Waals surface area contributed by atoms with E-state index in [1.807, 2.05) is 12.2 Å². The number of aromatic nitrogens is 4. The summed E-state index contributed by atoms with van der Waals surface area (Å²) >= 11 is 2.65. The number of ether oxygens (including phenoxy) is 1. The topological polar surface area (TPSA) is 186 Å². The van der Waals surface area contributed by atoms with Crippen LogP contribution in [0.25, 0.3) is 21.1 Å². The van der Waals surface area contributed by atoms with Gasteiger partial charge in [-0.15, -0.1) is 22.7 Å². The summed E-state index contributed by atoms with van der Waals surface area (Å²) in [5, 5.41) is 24.8. The van der Waals surface area contributed by atoms with Gasteiger partial charge >= 0.3 is 12.1 Å². The Morgan fingerprint density at radius 2 is 1.82 bits per heavy atom. The van der Waals surface area contributed by atoms with E-state index in [4.69, 9.17) is 4.74 Å². The second-order valence-electron chi connectivity index (χ2n) is 13.6. The molecule has 3 N–H and O–H groups in total. The first-order chi connectivity index (χ1) is 23.4. The molecule has 3 aliphatic rings. The minimum absolute atomic E-state index is 0.00620. The number of nitrogens with zero attached hydrogens (tertiary/aromatic N) is 5. The first-order valence-electron chi connectivity index (χ1n) is 16.3. The van der Waals surface area contributed by atoms with E-state index in [9.17, 15) is 29.1 Å². The average molecular weight is 710 g/mol. The number of carbonyl (C=O) groups excluding carboxylic acids is 3. The van der Waals surface area contributed by atoms with Gasteiger partial charge in [-0.1, -0.05) is 25.0 Å². The van der Waals surface area contributed by atoms with Gasteiger partial charge in [-0.3, -0.25) is 14.4 Å². The van der Waals surface area contributed by atoms with Gasteiger partial charge < -0.3 is 25.4 Å². The van der Waals surface area contributed by atoms with Crippen LogP contribution in [0.15, 0.2) is 46.3 Å². The van der Waals surface area contributed by atoms with Crippen molar-refractivity contribution in [2.24, 2.45) is 5.92 Å². The third-order valence-corrected chi connectivity index (χ3v) is 10.6. The van der Waals surface area contributed by atoms with Crippen molar-refractivity contribution in [1.29, 1.82) is 0 Å². The Bertz CT molecular complexity index is 1800. The molecule has 260 valence electrons. The van der Waals surface area contributed by atoms with Crippen LogP contribution in [0.3, 0.4) is 0 Å². The van der Waals surface area contributed by atoms with E-state index in [2.05, 4.69) is 25.7 Å². The highest BCUT2D eigenvalue weighted by atomic mass is 32.1. The molecular formula is C33H39N7O7S2.